The van der Waals surface area contributed by atoms with Crippen molar-refractivity contribution in [1.29, 1.82) is 0 Å². The fraction of sp³-hybridized carbons (Fsp3) is 0.250. The van der Waals surface area contributed by atoms with E-state index in [0.29, 0.717) is 11.4 Å². The van der Waals surface area contributed by atoms with E-state index >= 15 is 0 Å². The Morgan fingerprint density at radius 3 is 2.35 bits per heavy atom. The van der Waals surface area contributed by atoms with E-state index in [2.05, 4.69) is 15.2 Å². The molecule has 0 saturated carbocycles. The lowest BCUT2D eigenvalue weighted by atomic mass is 10.2. The van der Waals surface area contributed by atoms with Gasteiger partial charge in [0, 0.05) is 0 Å². The van der Waals surface area contributed by atoms with Crippen LogP contribution in [0.2, 0.25) is 0 Å². The number of aromatic nitrogens is 3. The molecule has 5 nitrogen and oxygen atoms in total. The second-order valence-corrected chi connectivity index (χ2v) is 4.12. The van der Waals surface area contributed by atoms with Crippen molar-refractivity contribution in [2.24, 2.45) is 0 Å². The normalized spacial score (nSPS) is 11.4. The Labute approximate surface area is 112 Å². The Morgan fingerprint density at radius 1 is 1.10 bits per heavy atom. The Balaban J connectivity index is 2.28. The highest BCUT2D eigenvalue weighted by Crippen LogP contribution is 2.34. The van der Waals surface area contributed by atoms with Gasteiger partial charge in [-0.1, -0.05) is 5.10 Å². The Kier molecular flexibility index (Phi) is 3.47. The van der Waals surface area contributed by atoms with Gasteiger partial charge in [0.2, 0.25) is 0 Å². The first-order chi connectivity index (χ1) is 9.27. The predicted molar refractivity (Wildman–Crippen MR) is 65.2 cm³/mol. The molecule has 0 aliphatic carbocycles. The van der Waals surface area contributed by atoms with E-state index in [1.807, 2.05) is 0 Å². The SMILES string of the molecule is Cc1nnc(Oc2ccc(C(F)(F)F)cc2N)nc1C. The minimum absolute atomic E-state index is 0.0445. The Morgan fingerprint density at radius 2 is 1.80 bits per heavy atom. The van der Waals surface area contributed by atoms with Crippen molar-refractivity contribution in [2.45, 2.75) is 20.0 Å². The highest BCUT2D eigenvalue weighted by Gasteiger charge is 2.31. The van der Waals surface area contributed by atoms with Gasteiger partial charge in [-0.2, -0.15) is 18.2 Å². The van der Waals surface area contributed by atoms with Crippen molar-refractivity contribution in [3.63, 3.8) is 0 Å². The van der Waals surface area contributed by atoms with Gasteiger partial charge in [-0.3, -0.25) is 0 Å². The monoisotopic (exact) mass is 284 g/mol. The molecule has 1 aromatic heterocycles. The molecule has 0 amide bonds. The lowest BCUT2D eigenvalue weighted by molar-refractivity contribution is -0.137. The number of alkyl halides is 3. The van der Waals surface area contributed by atoms with E-state index in [9.17, 15) is 13.2 Å². The van der Waals surface area contributed by atoms with Crippen LogP contribution in [-0.2, 0) is 6.18 Å². The van der Waals surface area contributed by atoms with Crippen LogP contribution in [0.25, 0.3) is 0 Å². The lowest BCUT2D eigenvalue weighted by Gasteiger charge is -2.11. The molecular weight excluding hydrogens is 273 g/mol. The number of anilines is 1. The van der Waals surface area contributed by atoms with E-state index in [4.69, 9.17) is 10.5 Å². The molecule has 0 aliphatic rings. The number of halogens is 3. The maximum atomic E-state index is 12.5. The van der Waals surface area contributed by atoms with Crippen molar-refractivity contribution in [1.82, 2.24) is 15.2 Å². The van der Waals surface area contributed by atoms with Crippen LogP contribution < -0.4 is 10.5 Å². The summed E-state index contributed by atoms with van der Waals surface area (Å²) < 4.78 is 42.7. The molecule has 0 aliphatic heterocycles. The van der Waals surface area contributed by atoms with Gasteiger partial charge in [-0.25, -0.2) is 0 Å². The lowest BCUT2D eigenvalue weighted by Crippen LogP contribution is -2.06. The third-order valence-electron chi connectivity index (χ3n) is 2.61. The molecule has 2 rings (SSSR count). The van der Waals surface area contributed by atoms with E-state index in [1.54, 1.807) is 13.8 Å². The van der Waals surface area contributed by atoms with Gasteiger partial charge < -0.3 is 10.5 Å². The number of nitrogens with two attached hydrogens (primary N) is 1. The van der Waals surface area contributed by atoms with E-state index in [0.717, 1.165) is 18.2 Å². The molecule has 2 N–H and O–H groups in total. The summed E-state index contributed by atoms with van der Waals surface area (Å²) in [6.45, 7) is 3.44. The van der Waals surface area contributed by atoms with Gasteiger partial charge in [0.15, 0.2) is 5.75 Å². The summed E-state index contributed by atoms with van der Waals surface area (Å²) in [7, 11) is 0. The smallest absolute Gasteiger partial charge is 0.416 e. The van der Waals surface area contributed by atoms with Crippen LogP contribution in [0.3, 0.4) is 0 Å². The second kappa shape index (κ2) is 4.95. The van der Waals surface area contributed by atoms with E-state index < -0.39 is 11.7 Å². The number of rotatable bonds is 2. The zero-order valence-electron chi connectivity index (χ0n) is 10.7. The van der Waals surface area contributed by atoms with Gasteiger partial charge >= 0.3 is 12.2 Å². The minimum Gasteiger partial charge on any atom is -0.421 e. The topological polar surface area (TPSA) is 73.9 Å². The van der Waals surface area contributed by atoms with Crippen LogP contribution in [-0.4, -0.2) is 15.2 Å². The zero-order valence-corrected chi connectivity index (χ0v) is 10.7. The molecule has 8 heteroatoms. The number of hydrogen-bond donors (Lipinski definition) is 1. The predicted octanol–water partition coefficient (Wildman–Crippen LogP) is 2.88. The molecule has 1 aromatic carbocycles. The fourth-order valence-corrected chi connectivity index (χ4v) is 1.40. The molecule has 106 valence electrons. The summed E-state index contributed by atoms with van der Waals surface area (Å²) >= 11 is 0. The molecule has 0 bridgehead atoms. The third-order valence-corrected chi connectivity index (χ3v) is 2.61. The molecule has 0 unspecified atom stereocenters. The highest BCUT2D eigenvalue weighted by atomic mass is 19.4. The minimum atomic E-state index is -4.45. The van der Waals surface area contributed by atoms with Gasteiger partial charge in [-0.05, 0) is 32.0 Å². The molecule has 20 heavy (non-hydrogen) atoms. The number of hydrogen-bond acceptors (Lipinski definition) is 5. The summed E-state index contributed by atoms with van der Waals surface area (Å²) in [5.41, 5.74) is 5.78. The molecule has 2 aromatic rings. The van der Waals surface area contributed by atoms with Crippen molar-refractivity contribution >= 4 is 5.69 Å². The summed E-state index contributed by atoms with van der Waals surface area (Å²) in [5, 5.41) is 7.49. The molecule has 0 radical (unpaired) electrons. The number of ether oxygens (including phenoxy) is 1. The number of benzene rings is 1. The molecule has 0 fully saturated rings. The van der Waals surface area contributed by atoms with Crippen LogP contribution in [0.4, 0.5) is 18.9 Å². The van der Waals surface area contributed by atoms with Gasteiger partial charge in [0.1, 0.15) is 0 Å². The largest absolute Gasteiger partial charge is 0.421 e. The van der Waals surface area contributed by atoms with Crippen LogP contribution in [0.5, 0.6) is 11.8 Å². The summed E-state index contributed by atoms with van der Waals surface area (Å²) in [5.74, 6) is 0.0445. The van der Waals surface area contributed by atoms with E-state index in [1.165, 1.54) is 0 Å². The summed E-state index contributed by atoms with van der Waals surface area (Å²) in [6, 6.07) is 2.72. The maximum absolute atomic E-state index is 12.5. The Bertz CT molecular complexity index is 643. The average Bonchev–Trinajstić information content (AvgIpc) is 2.35. The first-order valence-electron chi connectivity index (χ1n) is 5.60. The van der Waals surface area contributed by atoms with Crippen LogP contribution >= 0.6 is 0 Å². The van der Waals surface area contributed by atoms with Crippen molar-refractivity contribution < 1.29 is 17.9 Å². The molecule has 0 atom stereocenters. The summed E-state index contributed by atoms with van der Waals surface area (Å²) in [4.78, 5) is 4.01. The maximum Gasteiger partial charge on any atom is 0.416 e. The number of nitrogens with zero attached hydrogens (tertiary/aromatic N) is 3. The first-order valence-corrected chi connectivity index (χ1v) is 5.60. The Hall–Kier alpha value is -2.38. The molecule has 0 saturated heterocycles. The van der Waals surface area contributed by atoms with Gasteiger partial charge in [0.05, 0.1) is 22.6 Å². The first kappa shape index (κ1) is 14.0. The number of nitrogen functional groups attached to an aromatic ring is 1. The molecule has 0 spiro atoms. The second-order valence-electron chi connectivity index (χ2n) is 4.12. The van der Waals surface area contributed by atoms with Crippen LogP contribution in [0, 0.1) is 13.8 Å². The van der Waals surface area contributed by atoms with Crippen molar-refractivity contribution in [2.75, 3.05) is 5.73 Å². The van der Waals surface area contributed by atoms with Crippen LogP contribution in [0.1, 0.15) is 17.0 Å². The van der Waals surface area contributed by atoms with Crippen molar-refractivity contribution in [3.8, 4) is 11.8 Å². The highest BCUT2D eigenvalue weighted by molar-refractivity contribution is 5.55. The zero-order chi connectivity index (χ0) is 14.9. The van der Waals surface area contributed by atoms with Gasteiger partial charge in [-0.15, -0.1) is 5.10 Å². The molecule has 1 heterocycles. The van der Waals surface area contributed by atoms with Crippen molar-refractivity contribution in [3.05, 3.63) is 35.2 Å². The molecular formula is C12H11F3N4O. The fourth-order valence-electron chi connectivity index (χ4n) is 1.40. The summed E-state index contributed by atoms with van der Waals surface area (Å²) in [6.07, 6.45) is -4.45. The van der Waals surface area contributed by atoms with E-state index in [-0.39, 0.29) is 17.4 Å². The quantitative estimate of drug-likeness (QED) is 0.858. The number of aryl methyl sites for hydroxylation is 2. The standard InChI is InChI=1S/C12H11F3N4O/c1-6-7(2)18-19-11(17-6)20-10-4-3-8(5-9(10)16)12(13,14)15/h3-5H,16H2,1-2H3. The average molecular weight is 284 g/mol. The van der Waals surface area contributed by atoms with Crippen LogP contribution in [0.15, 0.2) is 18.2 Å². The van der Waals surface area contributed by atoms with Gasteiger partial charge in [0.25, 0.3) is 0 Å². The third kappa shape index (κ3) is 2.95.